The van der Waals surface area contributed by atoms with Crippen LogP contribution in [-0.4, -0.2) is 169 Å². The van der Waals surface area contributed by atoms with Gasteiger partial charge in [0.05, 0.1) is 52.9 Å². The largest absolute Gasteiger partial charge is 0.396 e. The van der Waals surface area contributed by atoms with Gasteiger partial charge in [-0.2, -0.15) is 0 Å². The van der Waals surface area contributed by atoms with Crippen LogP contribution in [0.5, 0.6) is 0 Å². The Morgan fingerprint density at radius 3 is 0.461 bits per heavy atom. The highest BCUT2D eigenvalue weighted by Gasteiger charge is 2.18. The first-order valence-corrected chi connectivity index (χ1v) is 58.1. The molecule has 0 unspecified atom stereocenters. The lowest BCUT2D eigenvalue weighted by molar-refractivity contribution is 0.0194. The average molecular weight is 2030 g/mol. The van der Waals surface area contributed by atoms with Gasteiger partial charge in [-0.25, -0.2) is 0 Å². The highest BCUT2D eigenvalue weighted by atomic mass is 16.5. The van der Waals surface area contributed by atoms with Crippen LogP contribution in [0.4, 0.5) is 0 Å². The second kappa shape index (κ2) is 114. The molecule has 0 spiro atoms. The molecule has 0 amide bonds. The Hall–Kier alpha value is -0.520. The molecule has 0 aliphatic carbocycles. The molecule has 0 aromatic carbocycles. The highest BCUT2D eigenvalue weighted by molar-refractivity contribution is 4.69. The van der Waals surface area contributed by atoms with Gasteiger partial charge >= 0.3 is 0 Å². The van der Waals surface area contributed by atoms with Crippen molar-refractivity contribution in [3.8, 4) is 0 Å². The lowest BCUT2D eigenvalue weighted by Gasteiger charge is -2.17. The fourth-order valence-corrected chi connectivity index (χ4v) is 11.3. The van der Waals surface area contributed by atoms with Crippen LogP contribution < -0.4 is 0 Å². The summed E-state index contributed by atoms with van der Waals surface area (Å²) in [4.78, 5) is 0. The molecular formula is C128H286O13. The maximum atomic E-state index is 8.53. The number of methoxy groups -OCH3 is 4. The zero-order valence-corrected chi connectivity index (χ0v) is 108. The van der Waals surface area contributed by atoms with Crippen molar-refractivity contribution in [2.75, 3.05) is 154 Å². The molecule has 0 radical (unpaired) electrons. The van der Waals surface area contributed by atoms with Crippen molar-refractivity contribution < 1.29 is 62.7 Å². The summed E-state index contributed by atoms with van der Waals surface area (Å²) >= 11 is 0. The lowest BCUT2D eigenvalue weighted by Crippen LogP contribution is -2.13. The summed E-state index contributed by atoms with van der Waals surface area (Å²) in [5, 5.41) is 25.4. The first-order chi connectivity index (χ1) is 63.8. The number of hydrogen-bond acceptors (Lipinski definition) is 13. The number of rotatable bonds is 56. The van der Waals surface area contributed by atoms with Gasteiger partial charge in [-0.1, -0.05) is 488 Å². The summed E-state index contributed by atoms with van der Waals surface area (Å²) in [5.74, 6) is 0. The summed E-state index contributed by atoms with van der Waals surface area (Å²) in [6, 6.07) is 0. The van der Waals surface area contributed by atoms with Crippen LogP contribution in [0.1, 0.15) is 610 Å². The summed E-state index contributed by atoms with van der Waals surface area (Å²) in [6.07, 6.45) is 52.5. The predicted octanol–water partition coefficient (Wildman–Crippen LogP) is 40.9. The normalized spacial score (nSPS) is 11.9. The molecule has 0 aliphatic rings. The van der Waals surface area contributed by atoms with Crippen molar-refractivity contribution in [1.82, 2.24) is 0 Å². The summed E-state index contributed by atoms with van der Waals surface area (Å²) in [5.41, 5.74) is 6.44. The van der Waals surface area contributed by atoms with Gasteiger partial charge in [0.25, 0.3) is 0 Å². The smallest absolute Gasteiger partial charge is 0.0701 e. The van der Waals surface area contributed by atoms with Gasteiger partial charge in [0, 0.05) is 101 Å². The molecule has 0 saturated carbocycles. The van der Waals surface area contributed by atoms with E-state index in [1.54, 1.807) is 28.4 Å². The number of unbranched alkanes of at least 4 members (excludes halogenated alkanes) is 17. The van der Waals surface area contributed by atoms with Crippen molar-refractivity contribution in [3.63, 3.8) is 0 Å². The fourth-order valence-electron chi connectivity index (χ4n) is 11.3. The molecule has 876 valence electrons. The predicted molar refractivity (Wildman–Crippen MR) is 642 cm³/mol. The quantitative estimate of drug-likeness (QED) is 0.0496. The standard InChI is InChI=1S/C11H24O3.C11H24O2.C11H24.C10H22O.2C10H22.C9H20O2.2C9H20O.C8H18O.2C8H18.C7H16O.C6H14O.CH4/c1-11(2,3)5-6-13-9-10-14-8-7-12-4;1-5-7-12-9-10-13-8-6-11(2,3)4;1-5-6-7-8-9-10-11(2,3)4;1-10(2,3)8-6-4-5-7-9-11;2*1-5-6-7-8-9-10(2,3)4;1-9(2,3)5-6-11-8-7-10-4;1-9(2,3)7-5-6-8-10-4;1-5-7-10-8-6-9(2,3)4;1-8(2,3)6-4-5-7-9;2*1-5-6-7-8(2,3)4;1-7(2,3)5-6-8-4;1-6(2,3)4-5-7;/h5-10H2,1-4H3;5-10H2,1-4H3;5-10H2,1-4H3;11H,4-9H2,1-3H3;2*5-9H2,1-4H3;5-8H2,1-4H3;2*5-8H2,1-4H3;9H,4-7H2,1-3H3;2*5-7H2,1-4H3;5-6H2,1-4H3;7H,4-5H2,1-3H3;1H4. The van der Waals surface area contributed by atoms with Crippen LogP contribution in [0.3, 0.4) is 0 Å². The Morgan fingerprint density at radius 1 is 0.128 bits per heavy atom. The van der Waals surface area contributed by atoms with E-state index in [1.807, 2.05) is 0 Å². The molecule has 13 nitrogen and oxygen atoms in total. The number of aliphatic hydroxyl groups excluding tert-OH is 3. The van der Waals surface area contributed by atoms with Crippen LogP contribution in [0.15, 0.2) is 0 Å². The van der Waals surface area contributed by atoms with E-state index in [4.69, 9.17) is 62.7 Å². The molecule has 0 aromatic rings. The van der Waals surface area contributed by atoms with E-state index in [-0.39, 0.29) is 7.43 Å². The van der Waals surface area contributed by atoms with Crippen LogP contribution in [0.2, 0.25) is 0 Å². The van der Waals surface area contributed by atoms with Crippen molar-refractivity contribution >= 4 is 0 Å². The first-order valence-electron chi connectivity index (χ1n) is 58.1. The number of aliphatic hydroxyl groups is 3. The average Bonchev–Trinajstić information content (AvgIpc) is 0.984. The SMILES string of the molecule is C.CC(C)(C)CCCCCCO.CC(C)(C)CCCCO.CC(C)(C)CCO.CCCCC(C)(C)C.CCCCC(C)(C)C.CCCCCCC(C)(C)C.CCCCCCC(C)(C)C.CCCCCCCC(C)(C)C.CCCOCCC(C)(C)C.CCCOCCOCCC(C)(C)C.COCCC(C)(C)C.COCCCCC(C)(C)C.COCCOCCC(C)(C)C.COCCOCCOCCC(C)(C)C. The van der Waals surface area contributed by atoms with Gasteiger partial charge < -0.3 is 62.7 Å². The van der Waals surface area contributed by atoms with E-state index in [9.17, 15) is 0 Å². The molecule has 0 fully saturated rings. The Labute approximate surface area is 897 Å². The van der Waals surface area contributed by atoms with E-state index in [0.29, 0.717) is 135 Å². The summed E-state index contributed by atoms with van der Waals surface area (Å²) < 4.78 is 51.7. The maximum Gasteiger partial charge on any atom is 0.0701 e. The highest BCUT2D eigenvalue weighted by Crippen LogP contribution is 2.29. The van der Waals surface area contributed by atoms with Crippen LogP contribution in [-0.2, 0) is 47.4 Å². The maximum absolute atomic E-state index is 8.53. The minimum absolute atomic E-state index is 0. The van der Waals surface area contributed by atoms with Crippen molar-refractivity contribution in [3.05, 3.63) is 0 Å². The lowest BCUT2D eigenvalue weighted by atomic mass is 9.89. The molecule has 0 heterocycles. The molecule has 141 heavy (non-hydrogen) atoms. The monoisotopic (exact) mass is 2030 g/mol. The van der Waals surface area contributed by atoms with Crippen molar-refractivity contribution in [2.45, 2.75) is 610 Å². The van der Waals surface area contributed by atoms with Gasteiger partial charge in [0.15, 0.2) is 0 Å². The van der Waals surface area contributed by atoms with Crippen LogP contribution in [0, 0.1) is 75.8 Å². The molecular weight excluding hydrogens is 1750 g/mol. The van der Waals surface area contributed by atoms with Crippen molar-refractivity contribution in [1.29, 1.82) is 0 Å². The molecule has 0 atom stereocenters. The zero-order chi connectivity index (χ0) is 112. The first kappa shape index (κ1) is 174. The topological polar surface area (TPSA) is 153 Å². The van der Waals surface area contributed by atoms with Crippen LogP contribution >= 0.6 is 0 Å². The molecule has 0 aromatic heterocycles. The molecule has 0 aliphatic heterocycles. The molecule has 13 heteroatoms. The Kier molecular flexibility index (Phi) is 140. The van der Waals surface area contributed by atoms with Gasteiger partial charge in [-0.3, -0.25) is 0 Å². The van der Waals surface area contributed by atoms with Crippen LogP contribution in [0.25, 0.3) is 0 Å². The van der Waals surface area contributed by atoms with E-state index in [1.165, 1.54) is 193 Å². The molecule has 0 bridgehead atoms. The Bertz CT molecular complexity index is 1980. The third-order valence-corrected chi connectivity index (χ3v) is 21.1. The van der Waals surface area contributed by atoms with E-state index in [0.717, 1.165) is 137 Å². The van der Waals surface area contributed by atoms with Gasteiger partial charge in [-0.15, -0.1) is 0 Å². The van der Waals surface area contributed by atoms with E-state index in [2.05, 4.69) is 339 Å². The van der Waals surface area contributed by atoms with Crippen molar-refractivity contribution in [2.24, 2.45) is 75.8 Å². The van der Waals surface area contributed by atoms with Gasteiger partial charge in [-0.05, 0) is 198 Å². The number of ether oxygens (including phenoxy) is 10. The fraction of sp³-hybridized carbons (Fsp3) is 1.00. The van der Waals surface area contributed by atoms with E-state index < -0.39 is 0 Å². The minimum Gasteiger partial charge on any atom is -0.396 e. The zero-order valence-electron chi connectivity index (χ0n) is 108. The van der Waals surface area contributed by atoms with Gasteiger partial charge in [0.2, 0.25) is 0 Å². The van der Waals surface area contributed by atoms with E-state index >= 15 is 0 Å². The molecule has 0 saturated heterocycles. The summed E-state index contributed by atoms with van der Waals surface area (Å²) in [7, 11) is 6.86. The summed E-state index contributed by atoms with van der Waals surface area (Å²) in [6.45, 7) is 124. The Morgan fingerprint density at radius 2 is 0.284 bits per heavy atom. The van der Waals surface area contributed by atoms with Gasteiger partial charge in [0.1, 0.15) is 0 Å². The second-order valence-corrected chi connectivity index (χ2v) is 56.2. The third kappa shape index (κ3) is 277. The molecule has 3 N–H and O–H groups in total. The third-order valence-electron chi connectivity index (χ3n) is 21.1. The minimum atomic E-state index is 0. The number of hydrogen-bond donors (Lipinski definition) is 3. The second-order valence-electron chi connectivity index (χ2n) is 56.2. The Balaban J connectivity index is -0.0000000935. The molecule has 0 rings (SSSR count).